The summed E-state index contributed by atoms with van der Waals surface area (Å²) in [5.74, 6) is -4.65. The van der Waals surface area contributed by atoms with Crippen LogP contribution in [0.3, 0.4) is 0 Å². The van der Waals surface area contributed by atoms with Crippen molar-refractivity contribution in [3.05, 3.63) is 35.4 Å². The minimum Gasteiger partial charge on any atom is -0.366 e. The van der Waals surface area contributed by atoms with Crippen LogP contribution in [0.2, 0.25) is 0 Å². The van der Waals surface area contributed by atoms with E-state index in [0.717, 1.165) is 12.1 Å². The maximum absolute atomic E-state index is 12.9. The first-order chi connectivity index (χ1) is 6.49. The summed E-state index contributed by atoms with van der Waals surface area (Å²) in [6, 6.07) is 4.81. The van der Waals surface area contributed by atoms with E-state index in [2.05, 4.69) is 0 Å². The third kappa shape index (κ3) is 1.86. The summed E-state index contributed by atoms with van der Waals surface area (Å²) in [6.45, 7) is -1.85. The molecule has 2 nitrogen and oxygen atoms in total. The summed E-state index contributed by atoms with van der Waals surface area (Å²) in [4.78, 5) is 10.8. The van der Waals surface area contributed by atoms with E-state index < -0.39 is 24.1 Å². The topological polar surface area (TPSA) is 43.1 Å². The summed E-state index contributed by atoms with van der Waals surface area (Å²) >= 11 is 0. The normalized spacial score (nSPS) is 11.4. The average molecular weight is 203 g/mol. The second-order valence-electron chi connectivity index (χ2n) is 2.75. The standard InChI is InChI=1S/C9H8F3NO/c10-5-9(11,12)7-4-2-1-3-6(7)8(13)14/h1-4H,5H2,(H2,13,14). The third-order valence-electron chi connectivity index (χ3n) is 1.75. The number of carbonyl (C=O) groups is 1. The van der Waals surface area contributed by atoms with Gasteiger partial charge in [0.05, 0.1) is 0 Å². The van der Waals surface area contributed by atoms with Crippen LogP contribution in [0.1, 0.15) is 15.9 Å². The summed E-state index contributed by atoms with van der Waals surface area (Å²) in [5, 5.41) is 0. The molecule has 1 aromatic rings. The van der Waals surface area contributed by atoms with Crippen LogP contribution >= 0.6 is 0 Å². The van der Waals surface area contributed by atoms with Crippen LogP contribution in [0.25, 0.3) is 0 Å². The van der Waals surface area contributed by atoms with Gasteiger partial charge in [0.1, 0.15) is 0 Å². The number of hydrogen-bond acceptors (Lipinski definition) is 1. The predicted octanol–water partition coefficient (Wildman–Crippen LogP) is 1.85. The zero-order valence-corrected chi connectivity index (χ0v) is 7.14. The number of rotatable bonds is 3. The lowest BCUT2D eigenvalue weighted by molar-refractivity contribution is -0.0286. The van der Waals surface area contributed by atoms with Crippen LogP contribution in [0.15, 0.2) is 24.3 Å². The van der Waals surface area contributed by atoms with E-state index >= 15 is 0 Å². The van der Waals surface area contributed by atoms with Gasteiger partial charge < -0.3 is 5.73 Å². The molecule has 0 aliphatic carbocycles. The van der Waals surface area contributed by atoms with Crippen LogP contribution in [-0.4, -0.2) is 12.6 Å². The molecule has 0 unspecified atom stereocenters. The Labute approximate surface area is 78.5 Å². The minimum atomic E-state index is -3.66. The van der Waals surface area contributed by atoms with Gasteiger partial charge in [0, 0.05) is 11.1 Å². The van der Waals surface area contributed by atoms with Crippen LogP contribution in [0.5, 0.6) is 0 Å². The van der Waals surface area contributed by atoms with E-state index in [1.54, 1.807) is 0 Å². The molecule has 0 spiro atoms. The highest BCUT2D eigenvalue weighted by Gasteiger charge is 2.34. The van der Waals surface area contributed by atoms with Crippen molar-refractivity contribution < 1.29 is 18.0 Å². The molecule has 1 aromatic carbocycles. The first-order valence-electron chi connectivity index (χ1n) is 3.82. The molecule has 0 bridgehead atoms. The number of primary amides is 1. The zero-order chi connectivity index (χ0) is 10.8. The smallest absolute Gasteiger partial charge is 0.301 e. The van der Waals surface area contributed by atoms with Crippen molar-refractivity contribution in [3.63, 3.8) is 0 Å². The molecule has 0 aliphatic heterocycles. The predicted molar refractivity (Wildman–Crippen MR) is 44.8 cm³/mol. The Bertz CT molecular complexity index is 352. The molecule has 76 valence electrons. The molecule has 2 N–H and O–H groups in total. The number of alkyl halides is 3. The second kappa shape index (κ2) is 3.69. The lowest BCUT2D eigenvalue weighted by Gasteiger charge is -2.14. The number of amides is 1. The van der Waals surface area contributed by atoms with Crippen LogP contribution in [0, 0.1) is 0 Å². The molecular weight excluding hydrogens is 195 g/mol. The Morgan fingerprint density at radius 2 is 1.93 bits per heavy atom. The van der Waals surface area contributed by atoms with Gasteiger partial charge in [-0.2, -0.15) is 8.78 Å². The minimum absolute atomic E-state index is 0.352. The number of nitrogens with two attached hydrogens (primary N) is 1. The first kappa shape index (κ1) is 10.6. The number of halogens is 3. The van der Waals surface area contributed by atoms with Crippen molar-refractivity contribution in [2.75, 3.05) is 6.67 Å². The van der Waals surface area contributed by atoms with E-state index in [0.29, 0.717) is 0 Å². The van der Waals surface area contributed by atoms with Crippen molar-refractivity contribution in [1.29, 1.82) is 0 Å². The first-order valence-corrected chi connectivity index (χ1v) is 3.82. The third-order valence-corrected chi connectivity index (χ3v) is 1.75. The van der Waals surface area contributed by atoms with E-state index in [9.17, 15) is 18.0 Å². The number of benzene rings is 1. The molecule has 0 atom stereocenters. The highest BCUT2D eigenvalue weighted by atomic mass is 19.3. The summed E-state index contributed by atoms with van der Waals surface area (Å²) in [7, 11) is 0. The number of hydrogen-bond donors (Lipinski definition) is 1. The Morgan fingerprint density at radius 1 is 1.36 bits per heavy atom. The van der Waals surface area contributed by atoms with Crippen molar-refractivity contribution in [1.82, 2.24) is 0 Å². The van der Waals surface area contributed by atoms with Gasteiger partial charge in [0.25, 0.3) is 0 Å². The van der Waals surface area contributed by atoms with Crippen molar-refractivity contribution >= 4 is 5.91 Å². The molecule has 14 heavy (non-hydrogen) atoms. The van der Waals surface area contributed by atoms with Gasteiger partial charge in [-0.15, -0.1) is 0 Å². The molecular formula is C9H8F3NO. The van der Waals surface area contributed by atoms with E-state index in [4.69, 9.17) is 5.73 Å². The quantitative estimate of drug-likeness (QED) is 0.800. The molecule has 5 heteroatoms. The fourth-order valence-corrected chi connectivity index (χ4v) is 1.09. The fraction of sp³-hybridized carbons (Fsp3) is 0.222. The highest BCUT2D eigenvalue weighted by Crippen LogP contribution is 2.30. The van der Waals surface area contributed by atoms with Gasteiger partial charge in [-0.25, -0.2) is 4.39 Å². The van der Waals surface area contributed by atoms with Gasteiger partial charge in [0.15, 0.2) is 6.67 Å². The molecule has 0 fully saturated rings. The Balaban J connectivity index is 3.27. The van der Waals surface area contributed by atoms with Gasteiger partial charge in [-0.05, 0) is 6.07 Å². The summed E-state index contributed by atoms with van der Waals surface area (Å²) < 4.78 is 37.8. The molecule has 0 saturated carbocycles. The molecule has 0 heterocycles. The monoisotopic (exact) mass is 203 g/mol. The van der Waals surface area contributed by atoms with E-state index in [-0.39, 0.29) is 5.56 Å². The second-order valence-corrected chi connectivity index (χ2v) is 2.75. The molecule has 0 aliphatic rings. The largest absolute Gasteiger partial charge is 0.366 e. The van der Waals surface area contributed by atoms with E-state index in [1.165, 1.54) is 12.1 Å². The highest BCUT2D eigenvalue weighted by molar-refractivity contribution is 5.94. The summed E-state index contributed by atoms with van der Waals surface area (Å²) in [5.41, 5.74) is 3.85. The molecule has 0 saturated heterocycles. The molecule has 1 amide bonds. The number of carbonyl (C=O) groups excluding carboxylic acids is 1. The van der Waals surface area contributed by atoms with Gasteiger partial charge in [0.2, 0.25) is 5.91 Å². The Hall–Kier alpha value is -1.52. The van der Waals surface area contributed by atoms with Crippen molar-refractivity contribution in [2.45, 2.75) is 5.92 Å². The lowest BCUT2D eigenvalue weighted by atomic mass is 10.0. The van der Waals surface area contributed by atoms with Crippen LogP contribution in [0.4, 0.5) is 13.2 Å². The van der Waals surface area contributed by atoms with Gasteiger partial charge >= 0.3 is 5.92 Å². The van der Waals surface area contributed by atoms with Crippen LogP contribution < -0.4 is 5.73 Å². The average Bonchev–Trinajstić information content (AvgIpc) is 2.18. The lowest BCUT2D eigenvalue weighted by Crippen LogP contribution is -2.23. The van der Waals surface area contributed by atoms with Gasteiger partial charge in [-0.1, -0.05) is 18.2 Å². The van der Waals surface area contributed by atoms with Crippen LogP contribution in [-0.2, 0) is 5.92 Å². The Kier molecular flexibility index (Phi) is 2.78. The van der Waals surface area contributed by atoms with Crippen molar-refractivity contribution in [3.8, 4) is 0 Å². The summed E-state index contributed by atoms with van der Waals surface area (Å²) in [6.07, 6.45) is 0. The van der Waals surface area contributed by atoms with Crippen molar-refractivity contribution in [2.24, 2.45) is 5.73 Å². The maximum atomic E-state index is 12.9. The maximum Gasteiger partial charge on any atom is 0.301 e. The van der Waals surface area contributed by atoms with Gasteiger partial charge in [-0.3, -0.25) is 4.79 Å². The molecule has 0 radical (unpaired) electrons. The fourth-order valence-electron chi connectivity index (χ4n) is 1.09. The zero-order valence-electron chi connectivity index (χ0n) is 7.14. The molecule has 1 rings (SSSR count). The SMILES string of the molecule is NC(=O)c1ccccc1C(F)(F)CF. The Morgan fingerprint density at radius 3 is 2.43 bits per heavy atom. The van der Waals surface area contributed by atoms with E-state index in [1.807, 2.05) is 0 Å². The molecule has 0 aromatic heterocycles.